The van der Waals surface area contributed by atoms with Crippen molar-refractivity contribution in [3.05, 3.63) is 17.7 Å². The van der Waals surface area contributed by atoms with Crippen LogP contribution in [0.5, 0.6) is 0 Å². The van der Waals surface area contributed by atoms with Crippen LogP contribution in [0.25, 0.3) is 0 Å². The number of nitrogens with one attached hydrogen (secondary N) is 2. The monoisotopic (exact) mass is 163 g/mol. The summed E-state index contributed by atoms with van der Waals surface area (Å²) in [6.07, 6.45) is 5.53. The molecule has 3 rings (SSSR count). The number of imidazole rings is 1. The van der Waals surface area contributed by atoms with E-state index in [1.54, 1.807) is 0 Å². The standard InChI is InChI=1S/C9H13N3/c1-2-10-7-3-6(1)9-8(4-7)11-5-12-9/h5-7,10H,1-4H2,(H,11,12)/t6-,7+/m1/s1. The van der Waals surface area contributed by atoms with Crippen LogP contribution >= 0.6 is 0 Å². The molecule has 0 unspecified atom stereocenters. The lowest BCUT2D eigenvalue weighted by Gasteiger charge is -2.34. The summed E-state index contributed by atoms with van der Waals surface area (Å²) >= 11 is 0. The highest BCUT2D eigenvalue weighted by Crippen LogP contribution is 2.34. The third kappa shape index (κ3) is 0.829. The zero-order chi connectivity index (χ0) is 7.97. The molecule has 1 saturated heterocycles. The molecule has 1 aliphatic carbocycles. The lowest BCUT2D eigenvalue weighted by Crippen LogP contribution is -2.42. The Morgan fingerprint density at radius 2 is 2.50 bits per heavy atom. The van der Waals surface area contributed by atoms with Gasteiger partial charge in [-0.1, -0.05) is 0 Å². The minimum Gasteiger partial charge on any atom is -0.348 e. The van der Waals surface area contributed by atoms with Gasteiger partial charge in [0.05, 0.1) is 12.0 Å². The molecular formula is C9H13N3. The van der Waals surface area contributed by atoms with Gasteiger partial charge < -0.3 is 10.3 Å². The van der Waals surface area contributed by atoms with Crippen LogP contribution in [0.3, 0.4) is 0 Å². The lowest BCUT2D eigenvalue weighted by molar-refractivity contribution is 0.333. The van der Waals surface area contributed by atoms with E-state index in [9.17, 15) is 0 Å². The van der Waals surface area contributed by atoms with Crippen molar-refractivity contribution >= 4 is 0 Å². The molecule has 2 bridgehead atoms. The van der Waals surface area contributed by atoms with Crippen molar-refractivity contribution in [2.45, 2.75) is 31.2 Å². The second-order valence-electron chi connectivity index (χ2n) is 3.84. The minimum atomic E-state index is 0.705. The zero-order valence-corrected chi connectivity index (χ0v) is 7.01. The number of hydrogen-bond donors (Lipinski definition) is 2. The molecule has 2 atom stereocenters. The molecule has 3 nitrogen and oxygen atoms in total. The Labute approximate surface area is 71.6 Å². The van der Waals surface area contributed by atoms with Gasteiger partial charge in [-0.2, -0.15) is 0 Å². The van der Waals surface area contributed by atoms with E-state index in [-0.39, 0.29) is 0 Å². The number of H-pyrrole nitrogens is 1. The van der Waals surface area contributed by atoms with Crippen molar-refractivity contribution in [1.29, 1.82) is 0 Å². The first-order chi connectivity index (χ1) is 5.93. The smallest absolute Gasteiger partial charge is 0.0925 e. The SMILES string of the molecule is c1nc2c([nH]1)C[C@@H]1C[C@H]2CCN1. The summed E-state index contributed by atoms with van der Waals surface area (Å²) in [4.78, 5) is 7.63. The molecule has 2 heterocycles. The van der Waals surface area contributed by atoms with Gasteiger partial charge in [0, 0.05) is 24.1 Å². The quantitative estimate of drug-likeness (QED) is 0.594. The number of piperidine rings is 1. The third-order valence-electron chi connectivity index (χ3n) is 3.08. The Bertz CT molecular complexity index is 292. The van der Waals surface area contributed by atoms with Gasteiger partial charge in [-0.3, -0.25) is 0 Å². The Morgan fingerprint density at radius 3 is 3.50 bits per heavy atom. The van der Waals surface area contributed by atoms with Gasteiger partial charge >= 0.3 is 0 Å². The maximum Gasteiger partial charge on any atom is 0.0925 e. The number of fused-ring (bicyclic) bond motifs is 4. The van der Waals surface area contributed by atoms with Crippen molar-refractivity contribution in [2.24, 2.45) is 0 Å². The summed E-state index contributed by atoms with van der Waals surface area (Å²) in [6.45, 7) is 1.17. The molecule has 0 saturated carbocycles. The molecule has 1 fully saturated rings. The van der Waals surface area contributed by atoms with Crippen LogP contribution in [-0.2, 0) is 6.42 Å². The fourth-order valence-corrected chi connectivity index (χ4v) is 2.50. The largest absolute Gasteiger partial charge is 0.348 e. The van der Waals surface area contributed by atoms with E-state index < -0.39 is 0 Å². The number of nitrogens with zero attached hydrogens (tertiary/aromatic N) is 1. The Morgan fingerprint density at radius 1 is 1.50 bits per heavy atom. The molecule has 0 radical (unpaired) electrons. The summed E-state index contributed by atoms with van der Waals surface area (Å²) in [5, 5.41) is 3.53. The molecule has 0 spiro atoms. The van der Waals surface area contributed by atoms with E-state index in [4.69, 9.17) is 0 Å². The second-order valence-corrected chi connectivity index (χ2v) is 3.84. The number of aromatic nitrogens is 2. The average Bonchev–Trinajstić information content (AvgIpc) is 2.53. The third-order valence-corrected chi connectivity index (χ3v) is 3.08. The molecule has 3 heteroatoms. The fourth-order valence-electron chi connectivity index (χ4n) is 2.50. The summed E-state index contributed by atoms with van der Waals surface area (Å²) < 4.78 is 0. The Balaban J connectivity index is 2.04. The molecule has 2 N–H and O–H groups in total. The number of aromatic amines is 1. The number of rotatable bonds is 0. The maximum atomic E-state index is 4.39. The van der Waals surface area contributed by atoms with Crippen LogP contribution in [0.15, 0.2) is 6.33 Å². The van der Waals surface area contributed by atoms with Crippen LogP contribution < -0.4 is 5.32 Å². The molecule has 2 aliphatic rings. The summed E-state index contributed by atoms with van der Waals surface area (Å²) in [5.74, 6) is 0.728. The van der Waals surface area contributed by atoms with Crippen molar-refractivity contribution in [1.82, 2.24) is 15.3 Å². The molecule has 64 valence electrons. The summed E-state index contributed by atoms with van der Waals surface area (Å²) in [6, 6.07) is 0.705. The van der Waals surface area contributed by atoms with Crippen molar-refractivity contribution in [2.75, 3.05) is 6.54 Å². The van der Waals surface area contributed by atoms with Gasteiger partial charge in [-0.25, -0.2) is 4.98 Å². The minimum absolute atomic E-state index is 0.705. The van der Waals surface area contributed by atoms with Gasteiger partial charge in [0.25, 0.3) is 0 Å². The molecule has 0 amide bonds. The molecular weight excluding hydrogens is 150 g/mol. The fraction of sp³-hybridized carbons (Fsp3) is 0.667. The van der Waals surface area contributed by atoms with Gasteiger partial charge in [-0.05, 0) is 19.4 Å². The van der Waals surface area contributed by atoms with Crippen LogP contribution in [0.2, 0.25) is 0 Å². The second kappa shape index (κ2) is 2.33. The van der Waals surface area contributed by atoms with E-state index in [2.05, 4.69) is 15.3 Å². The number of hydrogen-bond acceptors (Lipinski definition) is 2. The Hall–Kier alpha value is -0.830. The highest BCUT2D eigenvalue weighted by Gasteiger charge is 2.31. The van der Waals surface area contributed by atoms with Crippen molar-refractivity contribution in [3.8, 4) is 0 Å². The lowest BCUT2D eigenvalue weighted by atomic mass is 9.81. The first-order valence-electron chi connectivity index (χ1n) is 4.69. The van der Waals surface area contributed by atoms with E-state index in [0.717, 1.165) is 12.3 Å². The van der Waals surface area contributed by atoms with Crippen molar-refractivity contribution < 1.29 is 0 Å². The molecule has 1 aromatic rings. The van der Waals surface area contributed by atoms with Gasteiger partial charge in [0.15, 0.2) is 0 Å². The highest BCUT2D eigenvalue weighted by atomic mass is 15.0. The van der Waals surface area contributed by atoms with E-state index in [1.807, 2.05) is 6.33 Å². The van der Waals surface area contributed by atoms with Crippen LogP contribution in [-0.4, -0.2) is 22.6 Å². The molecule has 0 aromatic carbocycles. The van der Waals surface area contributed by atoms with E-state index in [1.165, 1.54) is 30.8 Å². The first kappa shape index (κ1) is 6.66. The van der Waals surface area contributed by atoms with Crippen LogP contribution in [0.1, 0.15) is 30.1 Å². The van der Waals surface area contributed by atoms with Gasteiger partial charge in [0.1, 0.15) is 0 Å². The first-order valence-corrected chi connectivity index (χ1v) is 4.69. The zero-order valence-electron chi connectivity index (χ0n) is 7.01. The van der Waals surface area contributed by atoms with Crippen LogP contribution in [0.4, 0.5) is 0 Å². The van der Waals surface area contributed by atoms with E-state index in [0.29, 0.717) is 6.04 Å². The van der Waals surface area contributed by atoms with Gasteiger partial charge in [-0.15, -0.1) is 0 Å². The highest BCUT2D eigenvalue weighted by molar-refractivity contribution is 5.23. The average molecular weight is 163 g/mol. The predicted octanol–water partition coefficient (Wildman–Crippen LogP) is 0.801. The van der Waals surface area contributed by atoms with Crippen molar-refractivity contribution in [3.63, 3.8) is 0 Å². The molecule has 12 heavy (non-hydrogen) atoms. The maximum absolute atomic E-state index is 4.39. The Kier molecular flexibility index (Phi) is 1.29. The summed E-state index contributed by atoms with van der Waals surface area (Å²) in [7, 11) is 0. The topological polar surface area (TPSA) is 40.7 Å². The predicted molar refractivity (Wildman–Crippen MR) is 46.1 cm³/mol. The van der Waals surface area contributed by atoms with Crippen LogP contribution in [0, 0.1) is 0 Å². The van der Waals surface area contributed by atoms with E-state index >= 15 is 0 Å². The van der Waals surface area contributed by atoms with Gasteiger partial charge in [0.2, 0.25) is 0 Å². The normalized spacial score (nSPS) is 33.0. The molecule has 1 aromatic heterocycles. The summed E-state index contributed by atoms with van der Waals surface area (Å²) in [5.41, 5.74) is 2.70. The molecule has 1 aliphatic heterocycles.